The Kier molecular flexibility index (Phi) is 7.88. The third-order valence-electron chi connectivity index (χ3n) is 2.28. The number of phenols is 1. The standard InChI is InChI=1S/C11H12Br2FNO3.ClH/c1-2-18-11(17)8(14)9(15)7-5(12)3-4-6(13)10(7)16;/h3-4,8-9,16H,2,15H2,1H3;1H/t8?,9-;/m0./s1. The predicted octanol–water partition coefficient (Wildman–Crippen LogP) is 3.24. The minimum Gasteiger partial charge on any atom is -0.506 e. The van der Waals surface area contributed by atoms with Crippen molar-refractivity contribution in [3.05, 3.63) is 26.6 Å². The van der Waals surface area contributed by atoms with E-state index in [-0.39, 0.29) is 30.3 Å². The predicted molar refractivity (Wildman–Crippen MR) is 79.2 cm³/mol. The van der Waals surface area contributed by atoms with Gasteiger partial charge in [0.05, 0.1) is 17.1 Å². The second-order valence-electron chi connectivity index (χ2n) is 3.47. The number of carbonyl (C=O) groups is 1. The van der Waals surface area contributed by atoms with Gasteiger partial charge in [0.2, 0.25) is 6.17 Å². The summed E-state index contributed by atoms with van der Waals surface area (Å²) in [5.41, 5.74) is 5.77. The lowest BCUT2D eigenvalue weighted by atomic mass is 10.0. The van der Waals surface area contributed by atoms with Gasteiger partial charge in [-0.1, -0.05) is 15.9 Å². The molecule has 0 aromatic heterocycles. The highest BCUT2D eigenvalue weighted by atomic mass is 79.9. The molecule has 0 saturated carbocycles. The molecule has 0 heterocycles. The Morgan fingerprint density at radius 1 is 1.47 bits per heavy atom. The first kappa shape index (κ1) is 18.6. The Bertz CT molecular complexity index is 462. The smallest absolute Gasteiger partial charge is 0.342 e. The number of ether oxygens (including phenoxy) is 1. The summed E-state index contributed by atoms with van der Waals surface area (Å²) < 4.78 is 19.1. The van der Waals surface area contributed by atoms with Gasteiger partial charge in [-0.2, -0.15) is 0 Å². The molecular weight excluding hydrogens is 408 g/mol. The van der Waals surface area contributed by atoms with Crippen LogP contribution in [0.1, 0.15) is 18.5 Å². The van der Waals surface area contributed by atoms with E-state index in [0.29, 0.717) is 8.95 Å². The van der Waals surface area contributed by atoms with Crippen LogP contribution >= 0.6 is 44.3 Å². The first-order chi connectivity index (χ1) is 8.40. The molecule has 1 aromatic carbocycles. The van der Waals surface area contributed by atoms with Gasteiger partial charge in [-0.25, -0.2) is 9.18 Å². The number of hydrogen-bond acceptors (Lipinski definition) is 4. The number of alkyl halides is 1. The lowest BCUT2D eigenvalue weighted by Gasteiger charge is -2.19. The van der Waals surface area contributed by atoms with Crippen LogP contribution in [0.3, 0.4) is 0 Å². The molecular formula is C11H13Br2ClFNO3. The molecule has 3 N–H and O–H groups in total. The molecule has 0 fully saturated rings. The Morgan fingerprint density at radius 3 is 2.53 bits per heavy atom. The third-order valence-corrected chi connectivity index (χ3v) is 3.61. The highest BCUT2D eigenvalue weighted by Crippen LogP contribution is 2.38. The van der Waals surface area contributed by atoms with E-state index in [1.807, 2.05) is 0 Å². The molecule has 19 heavy (non-hydrogen) atoms. The second-order valence-corrected chi connectivity index (χ2v) is 5.18. The second kappa shape index (κ2) is 8.04. The van der Waals surface area contributed by atoms with E-state index in [1.54, 1.807) is 19.1 Å². The molecule has 0 bridgehead atoms. The normalized spacial score (nSPS) is 13.3. The molecule has 0 spiro atoms. The van der Waals surface area contributed by atoms with E-state index in [9.17, 15) is 14.3 Å². The fourth-order valence-electron chi connectivity index (χ4n) is 1.39. The summed E-state index contributed by atoms with van der Waals surface area (Å²) in [7, 11) is 0. The van der Waals surface area contributed by atoms with Gasteiger partial charge in [-0.15, -0.1) is 12.4 Å². The molecule has 0 aliphatic carbocycles. The van der Waals surface area contributed by atoms with Crippen LogP contribution in [-0.4, -0.2) is 23.9 Å². The zero-order valence-corrected chi connectivity index (χ0v) is 13.9. The van der Waals surface area contributed by atoms with Crippen LogP contribution in [0.4, 0.5) is 4.39 Å². The van der Waals surface area contributed by atoms with Crippen molar-refractivity contribution in [1.29, 1.82) is 0 Å². The lowest BCUT2D eigenvalue weighted by molar-refractivity contribution is -0.149. The number of aromatic hydroxyl groups is 1. The highest BCUT2D eigenvalue weighted by molar-refractivity contribution is 9.11. The zero-order valence-electron chi connectivity index (χ0n) is 9.90. The summed E-state index contributed by atoms with van der Waals surface area (Å²) in [6.07, 6.45) is -2.04. The Morgan fingerprint density at radius 2 is 2.00 bits per heavy atom. The molecule has 4 nitrogen and oxygen atoms in total. The summed E-state index contributed by atoms with van der Waals surface area (Å²) in [5.74, 6) is -1.25. The van der Waals surface area contributed by atoms with Crippen LogP contribution in [0.2, 0.25) is 0 Å². The van der Waals surface area contributed by atoms with Gasteiger partial charge in [0.25, 0.3) is 0 Å². The maximum absolute atomic E-state index is 13.8. The maximum atomic E-state index is 13.8. The van der Waals surface area contributed by atoms with E-state index >= 15 is 0 Å². The fraction of sp³-hybridized carbons (Fsp3) is 0.364. The molecule has 1 unspecified atom stereocenters. The van der Waals surface area contributed by atoms with Crippen LogP contribution in [0.5, 0.6) is 5.75 Å². The Hall–Kier alpha value is -0.370. The largest absolute Gasteiger partial charge is 0.506 e. The Labute approximate surface area is 133 Å². The lowest BCUT2D eigenvalue weighted by Crippen LogP contribution is -2.31. The minimum absolute atomic E-state index is 0. The van der Waals surface area contributed by atoms with Crippen LogP contribution in [0.25, 0.3) is 0 Å². The van der Waals surface area contributed by atoms with Crippen molar-refractivity contribution in [2.45, 2.75) is 19.1 Å². The van der Waals surface area contributed by atoms with Gasteiger partial charge in [-0.05, 0) is 35.0 Å². The summed E-state index contributed by atoms with van der Waals surface area (Å²) in [6, 6.07) is 1.86. The number of halogens is 4. The molecule has 108 valence electrons. The van der Waals surface area contributed by atoms with E-state index in [0.717, 1.165) is 0 Å². The number of esters is 1. The zero-order chi connectivity index (χ0) is 13.9. The summed E-state index contributed by atoms with van der Waals surface area (Å²) in [5, 5.41) is 9.83. The maximum Gasteiger partial charge on any atom is 0.342 e. The van der Waals surface area contributed by atoms with Gasteiger partial charge >= 0.3 is 5.97 Å². The summed E-state index contributed by atoms with van der Waals surface area (Å²) in [6.45, 7) is 1.64. The molecule has 2 atom stereocenters. The molecule has 0 aliphatic rings. The number of nitrogens with two attached hydrogens (primary N) is 1. The number of carbonyl (C=O) groups excluding carboxylic acids is 1. The third kappa shape index (κ3) is 4.30. The van der Waals surface area contributed by atoms with Gasteiger partial charge in [0, 0.05) is 10.0 Å². The molecule has 0 aliphatic heterocycles. The summed E-state index contributed by atoms with van der Waals surface area (Å²) >= 11 is 6.26. The number of rotatable bonds is 4. The van der Waals surface area contributed by atoms with Crippen molar-refractivity contribution in [1.82, 2.24) is 0 Å². The first-order valence-electron chi connectivity index (χ1n) is 5.13. The molecule has 1 aromatic rings. The van der Waals surface area contributed by atoms with Crippen molar-refractivity contribution in [2.75, 3.05) is 6.61 Å². The van der Waals surface area contributed by atoms with Crippen molar-refractivity contribution in [3.8, 4) is 5.75 Å². The summed E-state index contributed by atoms with van der Waals surface area (Å²) in [4.78, 5) is 11.3. The number of hydrogen-bond donors (Lipinski definition) is 2. The molecule has 0 saturated heterocycles. The average Bonchev–Trinajstić information content (AvgIpc) is 2.33. The number of phenolic OH excluding ortho intramolecular Hbond substituents is 1. The monoisotopic (exact) mass is 419 g/mol. The van der Waals surface area contributed by atoms with Gasteiger partial charge in [-0.3, -0.25) is 0 Å². The average molecular weight is 421 g/mol. The van der Waals surface area contributed by atoms with Crippen molar-refractivity contribution < 1.29 is 19.0 Å². The van der Waals surface area contributed by atoms with Crippen LogP contribution < -0.4 is 5.73 Å². The quantitative estimate of drug-likeness (QED) is 0.733. The highest BCUT2D eigenvalue weighted by Gasteiger charge is 2.31. The molecule has 0 radical (unpaired) electrons. The van der Waals surface area contributed by atoms with E-state index in [1.165, 1.54) is 0 Å². The molecule has 0 amide bonds. The Balaban J connectivity index is 0.00000324. The fourth-order valence-corrected chi connectivity index (χ4v) is 2.32. The van der Waals surface area contributed by atoms with Gasteiger partial charge in [0.1, 0.15) is 5.75 Å². The van der Waals surface area contributed by atoms with Gasteiger partial charge < -0.3 is 15.6 Å². The minimum atomic E-state index is -2.04. The van der Waals surface area contributed by atoms with Crippen LogP contribution in [-0.2, 0) is 9.53 Å². The topological polar surface area (TPSA) is 72.5 Å². The van der Waals surface area contributed by atoms with Crippen molar-refractivity contribution in [3.63, 3.8) is 0 Å². The number of benzene rings is 1. The van der Waals surface area contributed by atoms with E-state index in [2.05, 4.69) is 36.6 Å². The van der Waals surface area contributed by atoms with E-state index < -0.39 is 18.2 Å². The van der Waals surface area contributed by atoms with Gasteiger partial charge in [0.15, 0.2) is 0 Å². The molecule has 1 rings (SSSR count). The molecule has 8 heteroatoms. The van der Waals surface area contributed by atoms with Crippen LogP contribution in [0, 0.1) is 0 Å². The van der Waals surface area contributed by atoms with Crippen molar-refractivity contribution >= 4 is 50.2 Å². The van der Waals surface area contributed by atoms with E-state index in [4.69, 9.17) is 5.73 Å². The van der Waals surface area contributed by atoms with Crippen molar-refractivity contribution in [2.24, 2.45) is 5.73 Å². The SMILES string of the molecule is CCOC(=O)C(F)[C@@H](N)c1c(Br)ccc(Br)c1O.Cl. The van der Waals surface area contributed by atoms with Crippen LogP contribution in [0.15, 0.2) is 21.1 Å². The first-order valence-corrected chi connectivity index (χ1v) is 6.71.